The number of piperazine rings is 1. The maximum absolute atomic E-state index is 13.3. The first-order valence-electron chi connectivity index (χ1n) is 14.4. The summed E-state index contributed by atoms with van der Waals surface area (Å²) in [5, 5.41) is 6.89. The van der Waals surface area contributed by atoms with Crippen LogP contribution in [0.5, 0.6) is 0 Å². The molecule has 0 unspecified atom stereocenters. The Balaban J connectivity index is 1.32. The molecule has 3 heterocycles. The van der Waals surface area contributed by atoms with Gasteiger partial charge in [0.2, 0.25) is 17.8 Å². The van der Waals surface area contributed by atoms with Gasteiger partial charge in [-0.2, -0.15) is 4.98 Å². The quantitative estimate of drug-likeness (QED) is 0.329. The standard InChI is InChI=1S/C31H38N8O3/c1-5-21-18-29(42)39(25-12-8-22(9-13-25)33-27(40)19-28(41)36(2)3)30-26(21)20-32-31(35-30)34-23-6-10-24(11-7-23)38-16-14-37(4)15-17-38/h1,6-7,10-11,18,20,22,25H,8-9,12-17,19H2,2-4H3,(H,33,40)(H,32,34,35). The number of fused-ring (bicyclic) bond motifs is 1. The Morgan fingerprint density at radius 1 is 1.07 bits per heavy atom. The maximum atomic E-state index is 13.3. The number of pyridine rings is 1. The van der Waals surface area contributed by atoms with E-state index in [9.17, 15) is 14.4 Å². The Bertz CT molecular complexity index is 1540. The highest BCUT2D eigenvalue weighted by molar-refractivity contribution is 5.96. The van der Waals surface area contributed by atoms with Crippen molar-refractivity contribution in [2.45, 2.75) is 44.2 Å². The normalized spacial score (nSPS) is 19.2. The van der Waals surface area contributed by atoms with Gasteiger partial charge in [0.25, 0.3) is 5.56 Å². The lowest BCUT2D eigenvalue weighted by molar-refractivity contribution is -0.134. The Hall–Kier alpha value is -4.43. The lowest BCUT2D eigenvalue weighted by Gasteiger charge is -2.34. The average Bonchev–Trinajstić information content (AvgIpc) is 2.98. The summed E-state index contributed by atoms with van der Waals surface area (Å²) in [5.74, 6) is 2.47. The zero-order valence-electron chi connectivity index (χ0n) is 24.5. The first kappa shape index (κ1) is 29.1. The van der Waals surface area contributed by atoms with Crippen molar-refractivity contribution in [3.8, 4) is 12.3 Å². The fourth-order valence-corrected chi connectivity index (χ4v) is 5.66. The van der Waals surface area contributed by atoms with E-state index in [1.54, 1.807) is 24.9 Å². The summed E-state index contributed by atoms with van der Waals surface area (Å²) in [4.78, 5) is 52.9. The third-order valence-electron chi connectivity index (χ3n) is 8.18. The van der Waals surface area contributed by atoms with Gasteiger partial charge in [-0.05, 0) is 57.0 Å². The molecule has 2 fully saturated rings. The van der Waals surface area contributed by atoms with Crippen molar-refractivity contribution in [3.63, 3.8) is 0 Å². The fourth-order valence-electron chi connectivity index (χ4n) is 5.66. The Morgan fingerprint density at radius 2 is 1.76 bits per heavy atom. The van der Waals surface area contributed by atoms with E-state index in [1.807, 2.05) is 12.1 Å². The van der Waals surface area contributed by atoms with E-state index in [4.69, 9.17) is 11.4 Å². The first-order valence-corrected chi connectivity index (χ1v) is 14.4. The molecule has 42 heavy (non-hydrogen) atoms. The largest absolute Gasteiger partial charge is 0.369 e. The minimum atomic E-state index is -0.279. The molecule has 2 aliphatic rings. The number of rotatable bonds is 7. The predicted molar refractivity (Wildman–Crippen MR) is 164 cm³/mol. The summed E-state index contributed by atoms with van der Waals surface area (Å²) >= 11 is 0. The fraction of sp³-hybridized carbons (Fsp3) is 0.452. The lowest BCUT2D eigenvalue weighted by atomic mass is 9.90. The molecule has 1 saturated heterocycles. The number of nitrogens with zero attached hydrogens (tertiary/aromatic N) is 6. The van der Waals surface area contributed by atoms with Crippen LogP contribution in [0.1, 0.15) is 43.7 Å². The van der Waals surface area contributed by atoms with Gasteiger partial charge in [-0.25, -0.2) is 4.98 Å². The van der Waals surface area contributed by atoms with Crippen molar-refractivity contribution in [2.24, 2.45) is 0 Å². The second-order valence-corrected chi connectivity index (χ2v) is 11.3. The monoisotopic (exact) mass is 570 g/mol. The molecule has 2 amide bonds. The minimum Gasteiger partial charge on any atom is -0.369 e. The lowest BCUT2D eigenvalue weighted by Crippen LogP contribution is -2.44. The van der Waals surface area contributed by atoms with Crippen LogP contribution in [0.25, 0.3) is 11.0 Å². The van der Waals surface area contributed by atoms with E-state index in [0.29, 0.717) is 48.2 Å². The Labute approximate surface area is 245 Å². The minimum absolute atomic E-state index is 0.0451. The van der Waals surface area contributed by atoms with Crippen LogP contribution >= 0.6 is 0 Å². The van der Waals surface area contributed by atoms with Crippen LogP contribution in [0.4, 0.5) is 17.3 Å². The van der Waals surface area contributed by atoms with Gasteiger partial charge in [-0.3, -0.25) is 19.0 Å². The number of aromatic nitrogens is 3. The smallest absolute Gasteiger partial charge is 0.253 e. The molecule has 0 atom stereocenters. The highest BCUT2D eigenvalue weighted by Crippen LogP contribution is 2.31. The molecule has 1 aliphatic carbocycles. The molecular weight excluding hydrogens is 532 g/mol. The number of hydrogen-bond donors (Lipinski definition) is 2. The van der Waals surface area contributed by atoms with Crippen molar-refractivity contribution in [2.75, 3.05) is 57.5 Å². The van der Waals surface area contributed by atoms with E-state index < -0.39 is 0 Å². The number of carbonyl (C=O) groups excluding carboxylic acids is 2. The molecule has 5 rings (SSSR count). The first-order chi connectivity index (χ1) is 20.2. The molecule has 3 aromatic rings. The number of amides is 2. The van der Waals surface area contributed by atoms with Gasteiger partial charge in [0.15, 0.2) is 0 Å². The number of carbonyl (C=O) groups is 2. The SMILES string of the molecule is C#Cc1cc(=O)n(C2CCC(NC(=O)CC(=O)N(C)C)CC2)c2nc(Nc3ccc(N4CCN(C)CC4)cc3)ncc12. The van der Waals surface area contributed by atoms with E-state index in [2.05, 4.69) is 50.5 Å². The topological polar surface area (TPSA) is 116 Å². The van der Waals surface area contributed by atoms with Crippen molar-refractivity contribution in [1.82, 2.24) is 29.7 Å². The molecule has 1 aliphatic heterocycles. The van der Waals surface area contributed by atoms with Gasteiger partial charge in [0, 0.05) is 81.6 Å². The van der Waals surface area contributed by atoms with E-state index in [1.165, 1.54) is 16.7 Å². The van der Waals surface area contributed by atoms with Crippen LogP contribution in [0, 0.1) is 12.3 Å². The van der Waals surface area contributed by atoms with Gasteiger partial charge >= 0.3 is 0 Å². The van der Waals surface area contributed by atoms with Gasteiger partial charge in [-0.15, -0.1) is 6.42 Å². The van der Waals surface area contributed by atoms with E-state index in [0.717, 1.165) is 31.9 Å². The predicted octanol–water partition coefficient (Wildman–Crippen LogP) is 2.35. The number of benzene rings is 1. The molecule has 0 bridgehead atoms. The van der Waals surface area contributed by atoms with Crippen molar-refractivity contribution < 1.29 is 9.59 Å². The van der Waals surface area contributed by atoms with Crippen LogP contribution in [0.15, 0.2) is 41.3 Å². The molecule has 11 heteroatoms. The molecule has 0 spiro atoms. The number of likely N-dealkylation sites (N-methyl/N-ethyl adjacent to an activating group) is 1. The Morgan fingerprint density at radius 3 is 2.40 bits per heavy atom. The summed E-state index contributed by atoms with van der Waals surface area (Å²) in [6.07, 6.45) is 9.96. The zero-order valence-corrected chi connectivity index (χ0v) is 24.5. The molecule has 1 aromatic carbocycles. The number of terminal acetylenes is 1. The van der Waals surface area contributed by atoms with Crippen LogP contribution in [0.3, 0.4) is 0 Å². The molecule has 2 N–H and O–H groups in total. The maximum Gasteiger partial charge on any atom is 0.253 e. The molecule has 0 radical (unpaired) electrons. The molecule has 1 saturated carbocycles. The highest BCUT2D eigenvalue weighted by Gasteiger charge is 2.27. The number of hydrogen-bond acceptors (Lipinski definition) is 8. The number of anilines is 3. The van der Waals surface area contributed by atoms with E-state index in [-0.39, 0.29) is 35.9 Å². The summed E-state index contributed by atoms with van der Waals surface area (Å²) < 4.78 is 1.72. The third-order valence-corrected chi connectivity index (χ3v) is 8.18. The zero-order chi connectivity index (χ0) is 29.8. The molecule has 11 nitrogen and oxygen atoms in total. The van der Waals surface area contributed by atoms with Gasteiger partial charge in [0.05, 0.1) is 5.39 Å². The van der Waals surface area contributed by atoms with Crippen LogP contribution in [0.2, 0.25) is 0 Å². The second kappa shape index (κ2) is 12.6. The molecule has 220 valence electrons. The average molecular weight is 571 g/mol. The van der Waals surface area contributed by atoms with Gasteiger partial charge in [0.1, 0.15) is 12.1 Å². The van der Waals surface area contributed by atoms with Gasteiger partial charge in [-0.1, -0.05) is 5.92 Å². The van der Waals surface area contributed by atoms with Crippen LogP contribution < -0.4 is 21.1 Å². The highest BCUT2D eigenvalue weighted by atomic mass is 16.2. The molecule has 2 aromatic heterocycles. The summed E-state index contributed by atoms with van der Waals surface area (Å²) in [7, 11) is 5.40. The van der Waals surface area contributed by atoms with Crippen molar-refractivity contribution in [3.05, 3.63) is 52.4 Å². The third kappa shape index (κ3) is 6.55. The van der Waals surface area contributed by atoms with Crippen LogP contribution in [-0.4, -0.2) is 89.5 Å². The van der Waals surface area contributed by atoms with Crippen molar-refractivity contribution >= 4 is 40.2 Å². The summed E-state index contributed by atoms with van der Waals surface area (Å²) in [6, 6.07) is 9.52. The molecular formula is C31H38N8O3. The number of nitrogens with one attached hydrogen (secondary N) is 2. The Kier molecular flexibility index (Phi) is 8.73. The van der Waals surface area contributed by atoms with Crippen molar-refractivity contribution in [1.29, 1.82) is 0 Å². The summed E-state index contributed by atoms with van der Waals surface area (Å²) in [5.41, 5.74) is 2.77. The summed E-state index contributed by atoms with van der Waals surface area (Å²) in [6.45, 7) is 4.08. The van der Waals surface area contributed by atoms with E-state index >= 15 is 0 Å². The van der Waals surface area contributed by atoms with Gasteiger partial charge < -0.3 is 25.3 Å². The second-order valence-electron chi connectivity index (χ2n) is 11.3. The van der Waals surface area contributed by atoms with Crippen LogP contribution in [-0.2, 0) is 9.59 Å².